The second kappa shape index (κ2) is 7.54. The van der Waals surface area contributed by atoms with Gasteiger partial charge in [0, 0.05) is 6.04 Å². The van der Waals surface area contributed by atoms with Crippen molar-refractivity contribution < 1.29 is 4.74 Å². The molecule has 19 heavy (non-hydrogen) atoms. The molecule has 0 heterocycles. The Bertz CT molecular complexity index is 371. The van der Waals surface area contributed by atoms with Crippen LogP contribution < -0.4 is 10.1 Å². The van der Waals surface area contributed by atoms with Crippen molar-refractivity contribution in [2.45, 2.75) is 51.5 Å². The van der Waals surface area contributed by atoms with Crippen molar-refractivity contribution in [2.24, 2.45) is 5.92 Å². The highest BCUT2D eigenvalue weighted by Gasteiger charge is 2.24. The van der Waals surface area contributed by atoms with E-state index in [9.17, 15) is 0 Å². The molecule has 2 heteroatoms. The van der Waals surface area contributed by atoms with Gasteiger partial charge in [0.1, 0.15) is 5.75 Å². The zero-order valence-electron chi connectivity index (χ0n) is 12.3. The highest BCUT2D eigenvalue weighted by molar-refractivity contribution is 5.31. The minimum absolute atomic E-state index is 0.496. The van der Waals surface area contributed by atoms with E-state index in [1.807, 2.05) is 6.07 Å². The van der Waals surface area contributed by atoms with Crippen LogP contribution in [0.2, 0.25) is 0 Å². The zero-order valence-corrected chi connectivity index (χ0v) is 12.3. The van der Waals surface area contributed by atoms with Gasteiger partial charge in [-0.15, -0.1) is 0 Å². The molecule has 0 bridgehead atoms. The van der Waals surface area contributed by atoms with Crippen LogP contribution in [0, 0.1) is 5.92 Å². The molecule has 0 aromatic heterocycles. The van der Waals surface area contributed by atoms with Crippen molar-refractivity contribution in [2.75, 3.05) is 13.7 Å². The Morgan fingerprint density at radius 3 is 2.74 bits per heavy atom. The number of hydrogen-bond acceptors (Lipinski definition) is 2. The molecule has 0 spiro atoms. The van der Waals surface area contributed by atoms with E-state index >= 15 is 0 Å². The van der Waals surface area contributed by atoms with Gasteiger partial charge in [-0.05, 0) is 49.4 Å². The Morgan fingerprint density at radius 2 is 2.05 bits per heavy atom. The lowest BCUT2D eigenvalue weighted by atomic mass is 9.81. The number of ether oxygens (including phenoxy) is 1. The minimum Gasteiger partial charge on any atom is -0.497 e. The van der Waals surface area contributed by atoms with E-state index in [1.165, 1.54) is 44.1 Å². The second-order valence-corrected chi connectivity index (χ2v) is 5.61. The number of benzene rings is 1. The smallest absolute Gasteiger partial charge is 0.119 e. The third-order valence-electron chi connectivity index (χ3n) is 4.19. The lowest BCUT2D eigenvalue weighted by molar-refractivity contribution is 0.271. The normalized spacial score (nSPS) is 18.2. The monoisotopic (exact) mass is 261 g/mol. The summed E-state index contributed by atoms with van der Waals surface area (Å²) in [5, 5.41) is 3.75. The first kappa shape index (κ1) is 14.4. The van der Waals surface area contributed by atoms with Crippen LogP contribution in [0.3, 0.4) is 0 Å². The molecule has 1 fully saturated rings. The van der Waals surface area contributed by atoms with Gasteiger partial charge in [-0.25, -0.2) is 0 Å². The van der Waals surface area contributed by atoms with Crippen LogP contribution in [0.5, 0.6) is 5.75 Å². The van der Waals surface area contributed by atoms with Gasteiger partial charge in [0.25, 0.3) is 0 Å². The topological polar surface area (TPSA) is 21.3 Å². The Morgan fingerprint density at radius 1 is 1.26 bits per heavy atom. The van der Waals surface area contributed by atoms with Gasteiger partial charge in [-0.1, -0.05) is 38.3 Å². The maximum atomic E-state index is 5.37. The predicted molar refractivity (Wildman–Crippen MR) is 80.6 cm³/mol. The number of rotatable bonds is 6. The molecule has 0 amide bonds. The lowest BCUT2D eigenvalue weighted by Gasteiger charge is -2.31. The van der Waals surface area contributed by atoms with Crippen LogP contribution in [0.15, 0.2) is 24.3 Å². The minimum atomic E-state index is 0.496. The summed E-state index contributed by atoms with van der Waals surface area (Å²) < 4.78 is 5.37. The SMILES string of the molecule is CCCNC(c1cccc(OC)c1)C1CCCCC1. The van der Waals surface area contributed by atoms with Gasteiger partial charge in [-0.3, -0.25) is 0 Å². The quantitative estimate of drug-likeness (QED) is 0.823. The van der Waals surface area contributed by atoms with Gasteiger partial charge in [-0.2, -0.15) is 0 Å². The largest absolute Gasteiger partial charge is 0.497 e. The third kappa shape index (κ3) is 3.97. The molecule has 1 N–H and O–H groups in total. The van der Waals surface area contributed by atoms with E-state index in [0.29, 0.717) is 6.04 Å². The summed E-state index contributed by atoms with van der Waals surface area (Å²) in [6.07, 6.45) is 8.09. The van der Waals surface area contributed by atoms with Crippen molar-refractivity contribution in [1.29, 1.82) is 0 Å². The summed E-state index contributed by atoms with van der Waals surface area (Å²) in [5.41, 5.74) is 1.39. The number of nitrogens with one attached hydrogen (secondary N) is 1. The maximum Gasteiger partial charge on any atom is 0.119 e. The number of hydrogen-bond donors (Lipinski definition) is 1. The first-order valence-corrected chi connectivity index (χ1v) is 7.72. The molecule has 1 aliphatic rings. The fourth-order valence-corrected chi connectivity index (χ4v) is 3.16. The predicted octanol–water partition coefficient (Wildman–Crippen LogP) is 4.32. The molecule has 1 aromatic carbocycles. The third-order valence-corrected chi connectivity index (χ3v) is 4.19. The summed E-state index contributed by atoms with van der Waals surface area (Å²) in [7, 11) is 1.74. The molecule has 2 rings (SSSR count). The Labute approximate surface area is 117 Å². The first-order chi connectivity index (χ1) is 9.35. The van der Waals surface area contributed by atoms with Crippen LogP contribution in [-0.4, -0.2) is 13.7 Å². The van der Waals surface area contributed by atoms with Crippen LogP contribution in [0.1, 0.15) is 57.1 Å². The fraction of sp³-hybridized carbons (Fsp3) is 0.647. The van der Waals surface area contributed by atoms with E-state index in [-0.39, 0.29) is 0 Å². The molecular weight excluding hydrogens is 234 g/mol. The standard InChI is InChI=1S/C17H27NO/c1-3-12-18-17(14-8-5-4-6-9-14)15-10-7-11-16(13-15)19-2/h7,10-11,13-14,17-18H,3-6,8-9,12H2,1-2H3. The van der Waals surface area contributed by atoms with E-state index in [1.54, 1.807) is 7.11 Å². The van der Waals surface area contributed by atoms with Crippen molar-refractivity contribution in [3.05, 3.63) is 29.8 Å². The fourth-order valence-electron chi connectivity index (χ4n) is 3.16. The summed E-state index contributed by atoms with van der Waals surface area (Å²) in [4.78, 5) is 0. The molecule has 1 unspecified atom stereocenters. The maximum absolute atomic E-state index is 5.37. The highest BCUT2D eigenvalue weighted by atomic mass is 16.5. The van der Waals surface area contributed by atoms with E-state index in [0.717, 1.165) is 18.2 Å². The van der Waals surface area contributed by atoms with E-state index in [2.05, 4.69) is 30.4 Å². The summed E-state index contributed by atoms with van der Waals surface area (Å²) in [5.74, 6) is 1.75. The Hall–Kier alpha value is -1.02. The molecule has 1 aromatic rings. The van der Waals surface area contributed by atoms with Gasteiger partial charge in [0.2, 0.25) is 0 Å². The molecule has 0 aliphatic heterocycles. The molecule has 2 nitrogen and oxygen atoms in total. The molecule has 1 atom stereocenters. The Balaban J connectivity index is 2.14. The van der Waals surface area contributed by atoms with Gasteiger partial charge < -0.3 is 10.1 Å². The van der Waals surface area contributed by atoms with Gasteiger partial charge in [0.05, 0.1) is 7.11 Å². The summed E-state index contributed by atoms with van der Waals surface area (Å²) in [6.45, 7) is 3.33. The lowest BCUT2D eigenvalue weighted by Crippen LogP contribution is -2.30. The average molecular weight is 261 g/mol. The molecule has 1 saturated carbocycles. The first-order valence-electron chi connectivity index (χ1n) is 7.72. The van der Waals surface area contributed by atoms with Crippen LogP contribution >= 0.6 is 0 Å². The van der Waals surface area contributed by atoms with Crippen molar-refractivity contribution >= 4 is 0 Å². The van der Waals surface area contributed by atoms with Crippen molar-refractivity contribution in [1.82, 2.24) is 5.32 Å². The van der Waals surface area contributed by atoms with Gasteiger partial charge in [0.15, 0.2) is 0 Å². The molecular formula is C17H27NO. The summed E-state index contributed by atoms with van der Waals surface area (Å²) >= 11 is 0. The highest BCUT2D eigenvalue weighted by Crippen LogP contribution is 2.35. The summed E-state index contributed by atoms with van der Waals surface area (Å²) in [6, 6.07) is 9.07. The van der Waals surface area contributed by atoms with Crippen molar-refractivity contribution in [3.8, 4) is 5.75 Å². The molecule has 106 valence electrons. The Kier molecular flexibility index (Phi) is 5.71. The van der Waals surface area contributed by atoms with E-state index < -0.39 is 0 Å². The van der Waals surface area contributed by atoms with Crippen molar-refractivity contribution in [3.63, 3.8) is 0 Å². The molecule has 0 radical (unpaired) electrons. The van der Waals surface area contributed by atoms with Crippen LogP contribution in [0.25, 0.3) is 0 Å². The molecule has 1 aliphatic carbocycles. The van der Waals surface area contributed by atoms with E-state index in [4.69, 9.17) is 4.74 Å². The number of methoxy groups -OCH3 is 1. The van der Waals surface area contributed by atoms with Gasteiger partial charge >= 0.3 is 0 Å². The van der Waals surface area contributed by atoms with Crippen LogP contribution in [-0.2, 0) is 0 Å². The zero-order chi connectivity index (χ0) is 13.5. The molecule has 0 saturated heterocycles. The average Bonchev–Trinajstić information content (AvgIpc) is 2.49. The van der Waals surface area contributed by atoms with Crippen LogP contribution in [0.4, 0.5) is 0 Å². The second-order valence-electron chi connectivity index (χ2n) is 5.61.